The van der Waals surface area contributed by atoms with Crippen LogP contribution in [-0.2, 0) is 6.54 Å². The number of aromatic nitrogens is 3. The lowest BCUT2D eigenvalue weighted by Crippen LogP contribution is -2.30. The van der Waals surface area contributed by atoms with Crippen molar-refractivity contribution >= 4 is 11.8 Å². The molecule has 7 heteroatoms. The Labute approximate surface area is 171 Å². The minimum atomic E-state index is -0.131. The van der Waals surface area contributed by atoms with Gasteiger partial charge in [-0.1, -0.05) is 26.0 Å². The Morgan fingerprint density at radius 3 is 2.55 bits per heavy atom. The second-order valence-electron chi connectivity index (χ2n) is 7.08. The summed E-state index contributed by atoms with van der Waals surface area (Å²) >= 11 is 0. The van der Waals surface area contributed by atoms with Gasteiger partial charge in [0.15, 0.2) is 0 Å². The first kappa shape index (κ1) is 20.5. The van der Waals surface area contributed by atoms with Gasteiger partial charge in [0, 0.05) is 30.6 Å². The van der Waals surface area contributed by atoms with Crippen molar-refractivity contribution in [1.29, 1.82) is 0 Å². The molecule has 0 radical (unpaired) electrons. The van der Waals surface area contributed by atoms with Crippen molar-refractivity contribution in [2.45, 2.75) is 26.4 Å². The van der Waals surface area contributed by atoms with Crippen molar-refractivity contribution in [3.63, 3.8) is 0 Å². The molecule has 0 spiro atoms. The SMILES string of the molecule is COc1cccc(CNc2cc(-c3ccncc3)nc(N[C@H](CO)C(C)C)n2)c1. The molecule has 7 nitrogen and oxygen atoms in total. The van der Waals surface area contributed by atoms with Crippen LogP contribution < -0.4 is 15.4 Å². The summed E-state index contributed by atoms with van der Waals surface area (Å²) in [4.78, 5) is 13.3. The molecule has 0 amide bonds. The van der Waals surface area contributed by atoms with Gasteiger partial charge in [0.1, 0.15) is 11.6 Å². The summed E-state index contributed by atoms with van der Waals surface area (Å²) in [5, 5.41) is 16.3. The van der Waals surface area contributed by atoms with Crippen molar-refractivity contribution in [3.05, 3.63) is 60.4 Å². The van der Waals surface area contributed by atoms with E-state index in [1.807, 2.05) is 56.3 Å². The summed E-state index contributed by atoms with van der Waals surface area (Å²) in [6.45, 7) is 4.69. The lowest BCUT2D eigenvalue weighted by molar-refractivity contribution is 0.248. The van der Waals surface area contributed by atoms with E-state index in [-0.39, 0.29) is 18.6 Å². The molecular weight excluding hydrogens is 366 g/mol. The van der Waals surface area contributed by atoms with Crippen LogP contribution in [0.5, 0.6) is 5.75 Å². The smallest absolute Gasteiger partial charge is 0.225 e. The average molecular weight is 393 g/mol. The van der Waals surface area contributed by atoms with E-state index in [1.54, 1.807) is 19.5 Å². The van der Waals surface area contributed by atoms with Crippen LogP contribution in [0.2, 0.25) is 0 Å². The van der Waals surface area contributed by atoms with Crippen LogP contribution in [0.15, 0.2) is 54.9 Å². The third-order valence-electron chi connectivity index (χ3n) is 4.63. The molecule has 3 aromatic rings. The third-order valence-corrected chi connectivity index (χ3v) is 4.63. The van der Waals surface area contributed by atoms with Crippen molar-refractivity contribution < 1.29 is 9.84 Å². The molecule has 1 aromatic carbocycles. The Kier molecular flexibility index (Phi) is 6.97. The molecule has 0 aliphatic heterocycles. The maximum Gasteiger partial charge on any atom is 0.225 e. The van der Waals surface area contributed by atoms with Gasteiger partial charge < -0.3 is 20.5 Å². The van der Waals surface area contributed by atoms with Crippen LogP contribution in [-0.4, -0.2) is 39.8 Å². The summed E-state index contributed by atoms with van der Waals surface area (Å²) in [6, 6.07) is 13.5. The lowest BCUT2D eigenvalue weighted by atomic mass is 10.1. The molecule has 3 rings (SSSR count). The van der Waals surface area contributed by atoms with Crippen molar-refractivity contribution in [2.75, 3.05) is 24.4 Å². The second kappa shape index (κ2) is 9.84. The Morgan fingerprint density at radius 2 is 1.86 bits per heavy atom. The van der Waals surface area contributed by atoms with E-state index in [1.165, 1.54) is 0 Å². The standard InChI is InChI=1S/C22H27N5O2/c1-15(2)20(14-28)26-22-25-19(17-7-9-23-10-8-17)12-21(27-22)24-13-16-5-4-6-18(11-16)29-3/h4-12,15,20,28H,13-14H2,1-3H3,(H2,24,25,26,27)/t20-/m1/s1. The number of methoxy groups -OCH3 is 1. The Balaban J connectivity index is 1.87. The fraction of sp³-hybridized carbons (Fsp3) is 0.318. The highest BCUT2D eigenvalue weighted by Gasteiger charge is 2.15. The predicted molar refractivity (Wildman–Crippen MR) is 115 cm³/mol. The minimum absolute atomic E-state index is 0.00703. The van der Waals surface area contributed by atoms with E-state index >= 15 is 0 Å². The molecule has 29 heavy (non-hydrogen) atoms. The molecule has 2 aromatic heterocycles. The summed E-state index contributed by atoms with van der Waals surface area (Å²) in [7, 11) is 1.65. The highest BCUT2D eigenvalue weighted by atomic mass is 16.5. The molecule has 0 bridgehead atoms. The van der Waals surface area contributed by atoms with Gasteiger partial charge in [0.25, 0.3) is 0 Å². The summed E-state index contributed by atoms with van der Waals surface area (Å²) < 4.78 is 5.29. The Hall–Kier alpha value is -3.19. The van der Waals surface area contributed by atoms with E-state index in [4.69, 9.17) is 4.74 Å². The van der Waals surface area contributed by atoms with E-state index in [0.29, 0.717) is 18.3 Å². The van der Waals surface area contributed by atoms with Crippen LogP contribution >= 0.6 is 0 Å². The molecule has 0 saturated carbocycles. The largest absolute Gasteiger partial charge is 0.497 e. The molecule has 152 valence electrons. The van der Waals surface area contributed by atoms with Gasteiger partial charge in [-0.2, -0.15) is 4.98 Å². The second-order valence-corrected chi connectivity index (χ2v) is 7.08. The summed E-state index contributed by atoms with van der Waals surface area (Å²) in [5.74, 6) is 2.22. The van der Waals surface area contributed by atoms with Gasteiger partial charge in [-0.05, 0) is 35.7 Å². The highest BCUT2D eigenvalue weighted by molar-refractivity contribution is 5.64. The zero-order valence-electron chi connectivity index (χ0n) is 17.0. The molecule has 3 N–H and O–H groups in total. The molecular formula is C22H27N5O2. The molecule has 1 atom stereocenters. The number of hydrogen-bond donors (Lipinski definition) is 3. The lowest BCUT2D eigenvalue weighted by Gasteiger charge is -2.20. The number of aliphatic hydroxyl groups is 1. The van der Waals surface area contributed by atoms with Gasteiger partial charge in [-0.15, -0.1) is 0 Å². The number of pyridine rings is 1. The van der Waals surface area contributed by atoms with E-state index in [9.17, 15) is 5.11 Å². The third kappa shape index (κ3) is 5.65. The van der Waals surface area contributed by atoms with Gasteiger partial charge in [-0.25, -0.2) is 4.98 Å². The fourth-order valence-corrected chi connectivity index (χ4v) is 2.84. The first-order chi connectivity index (χ1) is 14.1. The number of rotatable bonds is 9. The van der Waals surface area contributed by atoms with Crippen molar-refractivity contribution in [1.82, 2.24) is 15.0 Å². The van der Waals surface area contributed by atoms with Gasteiger partial charge in [0.2, 0.25) is 5.95 Å². The molecule has 0 saturated heterocycles. The predicted octanol–water partition coefficient (Wildman–Crippen LogP) is 3.59. The number of ether oxygens (including phenoxy) is 1. The number of anilines is 2. The fourth-order valence-electron chi connectivity index (χ4n) is 2.84. The summed E-state index contributed by atoms with van der Waals surface area (Å²) in [5.41, 5.74) is 2.80. The summed E-state index contributed by atoms with van der Waals surface area (Å²) in [6.07, 6.45) is 3.47. The zero-order valence-corrected chi connectivity index (χ0v) is 17.0. The van der Waals surface area contributed by atoms with Gasteiger partial charge in [0.05, 0.1) is 25.5 Å². The first-order valence-corrected chi connectivity index (χ1v) is 9.62. The van der Waals surface area contributed by atoms with Crippen LogP contribution in [0.3, 0.4) is 0 Å². The van der Waals surface area contributed by atoms with E-state index < -0.39 is 0 Å². The number of nitrogens with zero attached hydrogens (tertiary/aromatic N) is 3. The normalized spacial score (nSPS) is 11.9. The van der Waals surface area contributed by atoms with Crippen LogP contribution in [0.1, 0.15) is 19.4 Å². The minimum Gasteiger partial charge on any atom is -0.497 e. The van der Waals surface area contributed by atoms with Crippen LogP contribution in [0.4, 0.5) is 11.8 Å². The number of benzene rings is 1. The molecule has 0 fully saturated rings. The maximum atomic E-state index is 9.66. The quantitative estimate of drug-likeness (QED) is 0.512. The molecule has 0 aliphatic rings. The van der Waals surface area contributed by atoms with E-state index in [2.05, 4.69) is 25.6 Å². The van der Waals surface area contributed by atoms with Crippen LogP contribution in [0.25, 0.3) is 11.3 Å². The molecule has 0 aliphatic carbocycles. The molecule has 2 heterocycles. The maximum absolute atomic E-state index is 9.66. The average Bonchev–Trinajstić information content (AvgIpc) is 2.76. The van der Waals surface area contributed by atoms with Crippen molar-refractivity contribution in [3.8, 4) is 17.0 Å². The monoisotopic (exact) mass is 393 g/mol. The van der Waals surface area contributed by atoms with Gasteiger partial charge in [-0.3, -0.25) is 4.98 Å². The molecule has 0 unspecified atom stereocenters. The zero-order chi connectivity index (χ0) is 20.6. The van der Waals surface area contributed by atoms with Crippen LogP contribution in [0, 0.1) is 5.92 Å². The van der Waals surface area contributed by atoms with Gasteiger partial charge >= 0.3 is 0 Å². The van der Waals surface area contributed by atoms with Crippen molar-refractivity contribution in [2.24, 2.45) is 5.92 Å². The first-order valence-electron chi connectivity index (χ1n) is 9.62. The Morgan fingerprint density at radius 1 is 1.07 bits per heavy atom. The number of aliphatic hydroxyl groups excluding tert-OH is 1. The highest BCUT2D eigenvalue weighted by Crippen LogP contribution is 2.22. The number of nitrogens with one attached hydrogen (secondary N) is 2. The topological polar surface area (TPSA) is 92.2 Å². The van der Waals surface area contributed by atoms with E-state index in [0.717, 1.165) is 22.6 Å². The number of hydrogen-bond acceptors (Lipinski definition) is 7. The Bertz CT molecular complexity index is 918.